The number of para-hydroxylation sites is 2. The van der Waals surface area contributed by atoms with Gasteiger partial charge >= 0.3 is 5.97 Å². The number of methoxy groups -OCH3 is 1. The molecule has 3 rings (SSSR count). The number of carbonyl (C=O) groups excluding carboxylic acids is 3. The van der Waals surface area contributed by atoms with Gasteiger partial charge in [0.15, 0.2) is 5.13 Å². The maximum Gasteiger partial charge on any atom is 0.309 e. The zero-order valence-electron chi connectivity index (χ0n) is 19.8. The lowest BCUT2D eigenvalue weighted by atomic mass is 9.91. The second-order valence-electron chi connectivity index (χ2n) is 9.07. The van der Waals surface area contributed by atoms with Crippen LogP contribution in [0.4, 0.5) is 10.8 Å². The Bertz CT molecular complexity index is 1010. The minimum Gasteiger partial charge on any atom is -0.495 e. The molecule has 0 saturated carbocycles. The van der Waals surface area contributed by atoms with Crippen molar-refractivity contribution in [2.45, 2.75) is 47.1 Å². The van der Waals surface area contributed by atoms with Gasteiger partial charge in [0.2, 0.25) is 11.8 Å². The number of benzene rings is 1. The normalized spacial score (nSPS) is 14.6. The zero-order valence-corrected chi connectivity index (χ0v) is 20.6. The first-order valence-corrected chi connectivity index (χ1v) is 11.8. The summed E-state index contributed by atoms with van der Waals surface area (Å²) in [7, 11) is 1.55. The van der Waals surface area contributed by atoms with Gasteiger partial charge in [-0.3, -0.25) is 19.3 Å². The molecule has 2 heterocycles. The number of rotatable bonds is 6. The van der Waals surface area contributed by atoms with E-state index in [0.717, 1.165) is 0 Å². The number of thiazole rings is 1. The average molecular weight is 474 g/mol. The monoisotopic (exact) mass is 473 g/mol. The molecule has 178 valence electrons. The number of esters is 1. The molecule has 0 unspecified atom stereocenters. The number of ether oxygens (including phenoxy) is 2. The molecule has 0 radical (unpaired) electrons. The number of amides is 2. The Morgan fingerprint density at radius 3 is 2.45 bits per heavy atom. The fourth-order valence-corrected chi connectivity index (χ4v) is 4.61. The van der Waals surface area contributed by atoms with E-state index in [4.69, 9.17) is 9.47 Å². The first kappa shape index (κ1) is 24.7. The minimum atomic E-state index is -0.423. The summed E-state index contributed by atoms with van der Waals surface area (Å²) in [6, 6.07) is 7.22. The fourth-order valence-electron chi connectivity index (χ4n) is 3.74. The SMILES string of the molecule is COc1ccccc1N(C(C)=O)c1nc(COC(=O)C2CCN(C(=O)C(C)(C)C)CC2)cs1. The van der Waals surface area contributed by atoms with Crippen molar-refractivity contribution in [1.82, 2.24) is 9.88 Å². The molecule has 0 aliphatic carbocycles. The van der Waals surface area contributed by atoms with Crippen molar-refractivity contribution in [3.63, 3.8) is 0 Å². The van der Waals surface area contributed by atoms with E-state index in [0.29, 0.717) is 48.2 Å². The van der Waals surface area contributed by atoms with Crippen molar-refractivity contribution in [1.29, 1.82) is 0 Å². The summed E-state index contributed by atoms with van der Waals surface area (Å²) in [6.45, 7) is 8.32. The smallest absolute Gasteiger partial charge is 0.309 e. The van der Waals surface area contributed by atoms with Crippen LogP contribution >= 0.6 is 11.3 Å². The molecule has 1 aromatic heterocycles. The molecular formula is C24H31N3O5S. The average Bonchev–Trinajstić information content (AvgIpc) is 3.25. The molecule has 9 heteroatoms. The Morgan fingerprint density at radius 1 is 1.18 bits per heavy atom. The summed E-state index contributed by atoms with van der Waals surface area (Å²) >= 11 is 1.30. The number of anilines is 2. The van der Waals surface area contributed by atoms with Gasteiger partial charge in [0.25, 0.3) is 0 Å². The number of aromatic nitrogens is 1. The minimum absolute atomic E-state index is 0.0359. The van der Waals surface area contributed by atoms with Crippen LogP contribution in [-0.2, 0) is 25.7 Å². The highest BCUT2D eigenvalue weighted by Gasteiger charge is 2.33. The van der Waals surface area contributed by atoms with Gasteiger partial charge in [0.05, 0.1) is 24.4 Å². The summed E-state index contributed by atoms with van der Waals surface area (Å²) in [5.41, 5.74) is 0.750. The predicted octanol–water partition coefficient (Wildman–Crippen LogP) is 4.16. The molecule has 33 heavy (non-hydrogen) atoms. The third-order valence-corrected chi connectivity index (χ3v) is 6.37. The van der Waals surface area contributed by atoms with Crippen LogP contribution in [0.15, 0.2) is 29.6 Å². The lowest BCUT2D eigenvalue weighted by Crippen LogP contribution is -2.45. The standard InChI is InChI=1S/C24H31N3O5S/c1-16(28)27(19-8-6-7-9-20(19)31-5)23-25-18(15-33-23)14-32-21(29)17-10-12-26(13-11-17)22(30)24(2,3)4/h6-9,15,17H,10-14H2,1-5H3. The first-order chi connectivity index (χ1) is 15.6. The van der Waals surface area contributed by atoms with Crippen molar-refractivity contribution in [3.05, 3.63) is 35.3 Å². The Balaban J connectivity index is 1.59. The Morgan fingerprint density at radius 2 is 1.85 bits per heavy atom. The van der Waals surface area contributed by atoms with E-state index in [1.165, 1.54) is 23.2 Å². The van der Waals surface area contributed by atoms with Gasteiger partial charge in [-0.05, 0) is 25.0 Å². The molecule has 1 saturated heterocycles. The van der Waals surface area contributed by atoms with Gasteiger partial charge in [0.1, 0.15) is 12.4 Å². The molecular weight excluding hydrogens is 442 g/mol. The van der Waals surface area contributed by atoms with E-state index in [9.17, 15) is 14.4 Å². The lowest BCUT2D eigenvalue weighted by molar-refractivity contribution is -0.154. The molecule has 1 fully saturated rings. The van der Waals surface area contributed by atoms with E-state index in [-0.39, 0.29) is 30.3 Å². The zero-order chi connectivity index (χ0) is 24.2. The fraction of sp³-hybridized carbons (Fsp3) is 0.500. The van der Waals surface area contributed by atoms with E-state index >= 15 is 0 Å². The third kappa shape index (κ3) is 5.90. The van der Waals surface area contributed by atoms with Crippen LogP contribution in [0.3, 0.4) is 0 Å². The maximum absolute atomic E-state index is 12.6. The van der Waals surface area contributed by atoms with E-state index in [2.05, 4.69) is 4.98 Å². The van der Waals surface area contributed by atoms with Gasteiger partial charge in [0, 0.05) is 30.8 Å². The maximum atomic E-state index is 12.6. The van der Waals surface area contributed by atoms with Gasteiger partial charge in [-0.1, -0.05) is 32.9 Å². The van der Waals surface area contributed by atoms with E-state index in [1.807, 2.05) is 37.8 Å². The van der Waals surface area contributed by atoms with Gasteiger partial charge in [-0.15, -0.1) is 11.3 Å². The molecule has 0 spiro atoms. The van der Waals surface area contributed by atoms with Crippen LogP contribution in [0.25, 0.3) is 0 Å². The first-order valence-electron chi connectivity index (χ1n) is 11.0. The lowest BCUT2D eigenvalue weighted by Gasteiger charge is -2.34. The van der Waals surface area contributed by atoms with Gasteiger partial charge in [-0.25, -0.2) is 4.98 Å². The van der Waals surface area contributed by atoms with E-state index in [1.54, 1.807) is 24.6 Å². The van der Waals surface area contributed by atoms with Crippen molar-refractivity contribution < 1.29 is 23.9 Å². The number of hydrogen-bond acceptors (Lipinski definition) is 7. The molecule has 0 N–H and O–H groups in total. The van der Waals surface area contributed by atoms with Crippen LogP contribution < -0.4 is 9.64 Å². The Hall–Kier alpha value is -2.94. The number of piperidine rings is 1. The van der Waals surface area contributed by atoms with Crippen LogP contribution in [0.1, 0.15) is 46.2 Å². The highest BCUT2D eigenvalue weighted by Crippen LogP contribution is 2.35. The molecule has 1 aliphatic rings. The molecule has 1 aliphatic heterocycles. The summed E-state index contributed by atoms with van der Waals surface area (Å²) in [5, 5.41) is 2.26. The third-order valence-electron chi connectivity index (χ3n) is 5.49. The largest absolute Gasteiger partial charge is 0.495 e. The number of carbonyl (C=O) groups is 3. The topological polar surface area (TPSA) is 89.0 Å². The molecule has 2 amide bonds. The van der Waals surface area contributed by atoms with Gasteiger partial charge in [-0.2, -0.15) is 0 Å². The Labute approximate surface area is 198 Å². The highest BCUT2D eigenvalue weighted by atomic mass is 32.1. The van der Waals surface area contributed by atoms with Crippen LogP contribution in [0, 0.1) is 11.3 Å². The van der Waals surface area contributed by atoms with Crippen LogP contribution in [-0.4, -0.2) is 47.9 Å². The summed E-state index contributed by atoms with van der Waals surface area (Å²) in [6.07, 6.45) is 1.18. The second-order valence-corrected chi connectivity index (χ2v) is 9.91. The molecule has 1 aromatic carbocycles. The number of hydrogen-bond donors (Lipinski definition) is 0. The molecule has 2 aromatic rings. The van der Waals surface area contributed by atoms with Crippen LogP contribution in [0.5, 0.6) is 5.75 Å². The van der Waals surface area contributed by atoms with Crippen molar-refractivity contribution in [2.75, 3.05) is 25.1 Å². The molecule has 0 atom stereocenters. The summed E-state index contributed by atoms with van der Waals surface area (Å²) < 4.78 is 10.9. The number of likely N-dealkylation sites (tertiary alicyclic amines) is 1. The number of nitrogens with zero attached hydrogens (tertiary/aromatic N) is 3. The molecule has 8 nitrogen and oxygen atoms in total. The van der Waals surface area contributed by atoms with Crippen molar-refractivity contribution in [2.24, 2.45) is 11.3 Å². The highest BCUT2D eigenvalue weighted by molar-refractivity contribution is 7.14. The van der Waals surface area contributed by atoms with Crippen LogP contribution in [0.2, 0.25) is 0 Å². The summed E-state index contributed by atoms with van der Waals surface area (Å²) in [5.74, 6) is -0.0366. The van der Waals surface area contributed by atoms with E-state index < -0.39 is 5.41 Å². The summed E-state index contributed by atoms with van der Waals surface area (Å²) in [4.78, 5) is 45.2. The van der Waals surface area contributed by atoms with Gasteiger partial charge < -0.3 is 14.4 Å². The van der Waals surface area contributed by atoms with Crippen molar-refractivity contribution in [3.8, 4) is 5.75 Å². The van der Waals surface area contributed by atoms with Crippen molar-refractivity contribution >= 4 is 39.9 Å². The Kier molecular flexibility index (Phi) is 7.73. The predicted molar refractivity (Wildman–Crippen MR) is 126 cm³/mol. The second kappa shape index (κ2) is 10.3. The quantitative estimate of drug-likeness (QED) is 0.585. The molecule has 0 bridgehead atoms.